The Balaban J connectivity index is 1.85. The molecule has 2 rings (SSSR count). The van der Waals surface area contributed by atoms with Crippen LogP contribution in [0.4, 0.5) is 0 Å². The van der Waals surface area contributed by atoms with Crippen molar-refractivity contribution in [3.8, 4) is 5.75 Å². The molecule has 0 bridgehead atoms. The van der Waals surface area contributed by atoms with Crippen molar-refractivity contribution in [1.29, 1.82) is 0 Å². The minimum Gasteiger partial charge on any atom is -0.492 e. The Morgan fingerprint density at radius 1 is 1.56 bits per heavy atom. The summed E-state index contributed by atoms with van der Waals surface area (Å²) in [5.74, 6) is -0.422. The molecule has 1 aromatic rings. The monoisotopic (exact) mass is 269 g/mol. The van der Waals surface area contributed by atoms with Gasteiger partial charge in [-0.25, -0.2) is 4.79 Å². The van der Waals surface area contributed by atoms with Crippen LogP contribution >= 0.6 is 11.6 Å². The van der Waals surface area contributed by atoms with Crippen molar-refractivity contribution < 1.29 is 14.6 Å². The van der Waals surface area contributed by atoms with Gasteiger partial charge in [0.05, 0.1) is 10.6 Å². The van der Waals surface area contributed by atoms with E-state index in [9.17, 15) is 4.79 Å². The van der Waals surface area contributed by atoms with Gasteiger partial charge >= 0.3 is 5.97 Å². The van der Waals surface area contributed by atoms with Gasteiger partial charge in [-0.2, -0.15) is 0 Å². The van der Waals surface area contributed by atoms with Crippen LogP contribution < -0.4 is 4.74 Å². The van der Waals surface area contributed by atoms with E-state index in [1.807, 2.05) is 0 Å². The van der Waals surface area contributed by atoms with Crippen LogP contribution in [-0.4, -0.2) is 42.2 Å². The second-order valence-electron chi connectivity index (χ2n) is 4.51. The summed E-state index contributed by atoms with van der Waals surface area (Å²) >= 11 is 5.86. The number of ether oxygens (including phenoxy) is 1. The summed E-state index contributed by atoms with van der Waals surface area (Å²) in [6.07, 6.45) is 2.55. The number of aromatic carboxylic acids is 1. The average molecular weight is 270 g/mol. The van der Waals surface area contributed by atoms with Crippen molar-refractivity contribution in [2.45, 2.75) is 18.9 Å². The molecule has 0 amide bonds. The maximum absolute atomic E-state index is 10.8. The van der Waals surface area contributed by atoms with Crippen molar-refractivity contribution >= 4 is 17.6 Å². The highest BCUT2D eigenvalue weighted by molar-refractivity contribution is 6.33. The Morgan fingerprint density at radius 2 is 2.28 bits per heavy atom. The smallest absolute Gasteiger partial charge is 0.337 e. The van der Waals surface area contributed by atoms with E-state index in [1.54, 1.807) is 12.1 Å². The Morgan fingerprint density at radius 3 is 2.83 bits per heavy atom. The van der Waals surface area contributed by atoms with Gasteiger partial charge in [-0.15, -0.1) is 0 Å². The predicted molar refractivity (Wildman–Crippen MR) is 69.6 cm³/mol. The maximum atomic E-state index is 10.8. The topological polar surface area (TPSA) is 49.8 Å². The molecular formula is C13H16ClNO3. The fraction of sp³-hybridized carbons (Fsp3) is 0.462. The van der Waals surface area contributed by atoms with Crippen LogP contribution in [0.5, 0.6) is 5.75 Å². The first-order chi connectivity index (χ1) is 8.58. The van der Waals surface area contributed by atoms with Crippen LogP contribution in [0.15, 0.2) is 18.2 Å². The molecule has 1 aromatic carbocycles. The van der Waals surface area contributed by atoms with Crippen LogP contribution in [0, 0.1) is 0 Å². The fourth-order valence-electron chi connectivity index (χ4n) is 1.76. The number of benzene rings is 1. The quantitative estimate of drug-likeness (QED) is 0.862. The third kappa shape index (κ3) is 3.37. The summed E-state index contributed by atoms with van der Waals surface area (Å²) in [5.41, 5.74) is 0.0964. The van der Waals surface area contributed by atoms with Gasteiger partial charge in [-0.1, -0.05) is 11.6 Å². The molecule has 1 saturated carbocycles. The lowest BCUT2D eigenvalue weighted by atomic mass is 10.2. The van der Waals surface area contributed by atoms with Gasteiger partial charge in [-0.05, 0) is 38.1 Å². The molecule has 5 heteroatoms. The molecule has 0 aromatic heterocycles. The number of hydrogen-bond acceptors (Lipinski definition) is 3. The lowest BCUT2D eigenvalue weighted by Gasteiger charge is -2.16. The normalized spacial score (nSPS) is 14.8. The van der Waals surface area contributed by atoms with Crippen molar-refractivity contribution in [2.75, 3.05) is 20.2 Å². The van der Waals surface area contributed by atoms with Gasteiger partial charge in [-0.3, -0.25) is 0 Å². The molecule has 1 aliphatic carbocycles. The molecule has 0 heterocycles. The molecule has 0 atom stereocenters. The van der Waals surface area contributed by atoms with E-state index in [-0.39, 0.29) is 10.6 Å². The van der Waals surface area contributed by atoms with Crippen LogP contribution in [0.3, 0.4) is 0 Å². The lowest BCUT2D eigenvalue weighted by molar-refractivity contribution is 0.0697. The highest BCUT2D eigenvalue weighted by atomic mass is 35.5. The van der Waals surface area contributed by atoms with E-state index in [1.165, 1.54) is 18.9 Å². The summed E-state index contributed by atoms with van der Waals surface area (Å²) in [5, 5.41) is 9.05. The zero-order chi connectivity index (χ0) is 13.1. The predicted octanol–water partition coefficient (Wildman–Crippen LogP) is 2.51. The van der Waals surface area contributed by atoms with E-state index in [0.717, 1.165) is 6.54 Å². The van der Waals surface area contributed by atoms with Gasteiger partial charge in [0.25, 0.3) is 0 Å². The van der Waals surface area contributed by atoms with Gasteiger partial charge in [0, 0.05) is 12.6 Å². The largest absolute Gasteiger partial charge is 0.492 e. The van der Waals surface area contributed by atoms with E-state index in [4.69, 9.17) is 21.4 Å². The molecular weight excluding hydrogens is 254 g/mol. The summed E-state index contributed by atoms with van der Waals surface area (Å²) in [6.45, 7) is 1.44. The lowest BCUT2D eigenvalue weighted by Crippen LogP contribution is -2.26. The summed E-state index contributed by atoms with van der Waals surface area (Å²) < 4.78 is 5.55. The van der Waals surface area contributed by atoms with Crippen LogP contribution in [0.25, 0.3) is 0 Å². The molecule has 0 aliphatic heterocycles. The molecule has 0 spiro atoms. The number of halogens is 1. The van der Waals surface area contributed by atoms with Gasteiger partial charge < -0.3 is 14.7 Å². The number of likely N-dealkylation sites (N-methyl/N-ethyl adjacent to an activating group) is 1. The van der Waals surface area contributed by atoms with Crippen molar-refractivity contribution in [3.05, 3.63) is 28.8 Å². The standard InChI is InChI=1S/C13H16ClNO3/c1-15(9-2-3-9)6-7-18-10-4-5-11(13(16)17)12(14)8-10/h4-5,8-9H,2-3,6-7H2,1H3,(H,16,17). The molecule has 0 saturated heterocycles. The van der Waals surface area contributed by atoms with Gasteiger partial charge in [0.2, 0.25) is 0 Å². The molecule has 98 valence electrons. The van der Waals surface area contributed by atoms with Crippen LogP contribution in [0.2, 0.25) is 5.02 Å². The van der Waals surface area contributed by atoms with E-state index >= 15 is 0 Å². The Kier molecular flexibility index (Phi) is 4.09. The minimum absolute atomic E-state index is 0.0964. The van der Waals surface area contributed by atoms with Crippen molar-refractivity contribution in [3.63, 3.8) is 0 Å². The summed E-state index contributed by atoms with van der Waals surface area (Å²) in [7, 11) is 2.08. The number of nitrogens with zero attached hydrogens (tertiary/aromatic N) is 1. The van der Waals surface area contributed by atoms with Crippen molar-refractivity contribution in [1.82, 2.24) is 4.90 Å². The molecule has 1 aliphatic rings. The van der Waals surface area contributed by atoms with E-state index < -0.39 is 5.97 Å². The average Bonchev–Trinajstić information content (AvgIpc) is 3.12. The van der Waals surface area contributed by atoms with E-state index in [0.29, 0.717) is 18.4 Å². The molecule has 1 N–H and O–H groups in total. The third-order valence-electron chi connectivity index (χ3n) is 3.05. The Labute approximate surface area is 111 Å². The molecule has 1 fully saturated rings. The number of carboxylic acids is 1. The molecule has 0 radical (unpaired) electrons. The first-order valence-electron chi connectivity index (χ1n) is 5.94. The minimum atomic E-state index is -1.03. The number of hydrogen-bond donors (Lipinski definition) is 1. The first kappa shape index (κ1) is 13.2. The second-order valence-corrected chi connectivity index (χ2v) is 4.91. The highest BCUT2D eigenvalue weighted by Gasteiger charge is 2.25. The Hall–Kier alpha value is -1.26. The zero-order valence-corrected chi connectivity index (χ0v) is 11.0. The molecule has 18 heavy (non-hydrogen) atoms. The summed E-state index contributed by atoms with van der Waals surface area (Å²) in [4.78, 5) is 13.1. The Bertz CT molecular complexity index is 446. The number of carbonyl (C=O) groups is 1. The van der Waals surface area contributed by atoms with Gasteiger partial charge in [0.1, 0.15) is 12.4 Å². The molecule has 0 unspecified atom stereocenters. The SMILES string of the molecule is CN(CCOc1ccc(C(=O)O)c(Cl)c1)C1CC1. The summed E-state index contributed by atoms with van der Waals surface area (Å²) in [6, 6.07) is 5.35. The van der Waals surface area contributed by atoms with E-state index in [2.05, 4.69) is 11.9 Å². The van der Waals surface area contributed by atoms with Crippen LogP contribution in [-0.2, 0) is 0 Å². The third-order valence-corrected chi connectivity index (χ3v) is 3.37. The van der Waals surface area contributed by atoms with Crippen LogP contribution in [0.1, 0.15) is 23.2 Å². The highest BCUT2D eigenvalue weighted by Crippen LogP contribution is 2.25. The maximum Gasteiger partial charge on any atom is 0.337 e. The number of rotatable bonds is 6. The zero-order valence-electron chi connectivity index (χ0n) is 10.2. The molecule has 4 nitrogen and oxygen atoms in total. The first-order valence-corrected chi connectivity index (χ1v) is 6.31. The number of carboxylic acid groups (broad SMARTS) is 1. The fourth-order valence-corrected chi connectivity index (χ4v) is 2.02. The van der Waals surface area contributed by atoms with Crippen molar-refractivity contribution in [2.24, 2.45) is 0 Å². The second kappa shape index (κ2) is 5.59. The van der Waals surface area contributed by atoms with Gasteiger partial charge in [0.15, 0.2) is 0 Å².